The number of carbonyl (C=O) groups excluding carboxylic acids is 2. The van der Waals surface area contributed by atoms with Crippen LogP contribution in [0.15, 0.2) is 0 Å². The molecule has 0 saturated heterocycles. The molecular formula is C12H22N2O3. The van der Waals surface area contributed by atoms with E-state index >= 15 is 0 Å². The van der Waals surface area contributed by atoms with E-state index in [1.54, 1.807) is 4.90 Å². The van der Waals surface area contributed by atoms with Crippen molar-refractivity contribution in [3.63, 3.8) is 0 Å². The van der Waals surface area contributed by atoms with E-state index in [0.29, 0.717) is 6.04 Å². The predicted molar refractivity (Wildman–Crippen MR) is 64.4 cm³/mol. The van der Waals surface area contributed by atoms with Crippen LogP contribution in [-0.4, -0.2) is 49.6 Å². The lowest BCUT2D eigenvalue weighted by Crippen LogP contribution is -2.47. The maximum absolute atomic E-state index is 11.8. The minimum Gasteiger partial charge on any atom is -0.468 e. The molecule has 1 fully saturated rings. The van der Waals surface area contributed by atoms with Crippen molar-refractivity contribution in [2.24, 2.45) is 5.92 Å². The van der Waals surface area contributed by atoms with E-state index in [1.807, 2.05) is 20.9 Å². The van der Waals surface area contributed by atoms with Crippen molar-refractivity contribution in [2.75, 3.05) is 20.7 Å². The fourth-order valence-corrected chi connectivity index (χ4v) is 1.71. The fraction of sp³-hybridized carbons (Fsp3) is 0.833. The van der Waals surface area contributed by atoms with Gasteiger partial charge in [-0.25, -0.2) is 0 Å². The van der Waals surface area contributed by atoms with Crippen LogP contribution in [0.2, 0.25) is 0 Å². The summed E-state index contributed by atoms with van der Waals surface area (Å²) in [6.07, 6.45) is 2.18. The third kappa shape index (κ3) is 4.00. The lowest BCUT2D eigenvalue weighted by molar-refractivity contribution is -0.144. The number of hydrogen-bond donors (Lipinski definition) is 1. The van der Waals surface area contributed by atoms with Gasteiger partial charge in [-0.1, -0.05) is 13.8 Å². The Morgan fingerprint density at radius 3 is 2.41 bits per heavy atom. The SMILES string of the molecule is COC(=O)C(NCC(=O)N(C)C1CC1)C(C)C. The molecule has 0 radical (unpaired) electrons. The zero-order chi connectivity index (χ0) is 13.0. The summed E-state index contributed by atoms with van der Waals surface area (Å²) in [5, 5.41) is 2.97. The van der Waals surface area contributed by atoms with E-state index in [2.05, 4.69) is 5.32 Å². The second kappa shape index (κ2) is 6.00. The number of likely N-dealkylation sites (N-methyl/N-ethyl adjacent to an activating group) is 1. The van der Waals surface area contributed by atoms with Gasteiger partial charge in [0.1, 0.15) is 6.04 Å². The van der Waals surface area contributed by atoms with Gasteiger partial charge in [-0.2, -0.15) is 0 Å². The highest BCUT2D eigenvalue weighted by Gasteiger charge is 2.30. The third-order valence-corrected chi connectivity index (χ3v) is 3.08. The number of amides is 1. The molecule has 1 N–H and O–H groups in total. The highest BCUT2D eigenvalue weighted by molar-refractivity contribution is 5.81. The second-order valence-corrected chi connectivity index (χ2v) is 4.86. The van der Waals surface area contributed by atoms with E-state index < -0.39 is 6.04 Å². The van der Waals surface area contributed by atoms with E-state index in [0.717, 1.165) is 12.8 Å². The Labute approximate surface area is 102 Å². The normalized spacial score (nSPS) is 16.8. The molecule has 0 aliphatic heterocycles. The summed E-state index contributed by atoms with van der Waals surface area (Å²) in [5.41, 5.74) is 0. The molecule has 98 valence electrons. The van der Waals surface area contributed by atoms with Crippen molar-refractivity contribution in [3.8, 4) is 0 Å². The Morgan fingerprint density at radius 1 is 1.41 bits per heavy atom. The van der Waals surface area contributed by atoms with Crippen molar-refractivity contribution in [3.05, 3.63) is 0 Å². The van der Waals surface area contributed by atoms with Crippen molar-refractivity contribution < 1.29 is 14.3 Å². The molecule has 0 aromatic rings. The predicted octanol–water partition coefficient (Wildman–Crippen LogP) is 0.394. The highest BCUT2D eigenvalue weighted by Crippen LogP contribution is 2.25. The van der Waals surface area contributed by atoms with Crippen LogP contribution in [0, 0.1) is 5.92 Å². The van der Waals surface area contributed by atoms with E-state index in [4.69, 9.17) is 4.74 Å². The molecule has 5 nitrogen and oxygen atoms in total. The van der Waals surface area contributed by atoms with Crippen molar-refractivity contribution in [2.45, 2.75) is 38.8 Å². The minimum absolute atomic E-state index is 0.0297. The average molecular weight is 242 g/mol. The van der Waals surface area contributed by atoms with Crippen LogP contribution in [0.5, 0.6) is 0 Å². The first-order valence-corrected chi connectivity index (χ1v) is 6.04. The van der Waals surface area contributed by atoms with E-state index in [9.17, 15) is 9.59 Å². The fourth-order valence-electron chi connectivity index (χ4n) is 1.71. The number of ether oxygens (including phenoxy) is 1. The smallest absolute Gasteiger partial charge is 0.323 e. The average Bonchev–Trinajstić information content (AvgIpc) is 3.10. The quantitative estimate of drug-likeness (QED) is 0.685. The van der Waals surface area contributed by atoms with Crippen LogP contribution in [-0.2, 0) is 14.3 Å². The first kappa shape index (κ1) is 14.0. The Morgan fingerprint density at radius 2 is 2.00 bits per heavy atom. The standard InChI is InChI=1S/C12H22N2O3/c1-8(2)11(12(16)17-4)13-7-10(15)14(3)9-5-6-9/h8-9,11,13H,5-7H2,1-4H3. The molecule has 0 spiro atoms. The first-order valence-electron chi connectivity index (χ1n) is 6.04. The molecule has 0 aromatic heterocycles. The van der Waals surface area contributed by atoms with Crippen LogP contribution >= 0.6 is 0 Å². The van der Waals surface area contributed by atoms with Crippen LogP contribution < -0.4 is 5.32 Å². The highest BCUT2D eigenvalue weighted by atomic mass is 16.5. The summed E-state index contributed by atoms with van der Waals surface area (Å²) in [6, 6.07) is -0.0171. The molecule has 5 heteroatoms. The second-order valence-electron chi connectivity index (χ2n) is 4.86. The first-order chi connectivity index (χ1) is 7.97. The van der Waals surface area contributed by atoms with Crippen molar-refractivity contribution >= 4 is 11.9 Å². The maximum atomic E-state index is 11.8. The molecule has 1 atom stereocenters. The molecule has 1 aliphatic rings. The number of esters is 1. The van der Waals surface area contributed by atoms with Gasteiger partial charge in [-0.3, -0.25) is 14.9 Å². The van der Waals surface area contributed by atoms with Gasteiger partial charge in [0.05, 0.1) is 13.7 Å². The topological polar surface area (TPSA) is 58.6 Å². The van der Waals surface area contributed by atoms with Gasteiger partial charge in [-0.15, -0.1) is 0 Å². The summed E-state index contributed by atoms with van der Waals surface area (Å²) in [4.78, 5) is 25.0. The third-order valence-electron chi connectivity index (χ3n) is 3.08. The number of methoxy groups -OCH3 is 1. The van der Waals surface area contributed by atoms with Gasteiger partial charge in [0, 0.05) is 13.1 Å². The van der Waals surface area contributed by atoms with Gasteiger partial charge in [0.15, 0.2) is 0 Å². The lowest BCUT2D eigenvalue weighted by Gasteiger charge is -2.22. The number of nitrogens with one attached hydrogen (secondary N) is 1. The molecule has 0 heterocycles. The summed E-state index contributed by atoms with van der Waals surface area (Å²) in [7, 11) is 3.17. The lowest BCUT2D eigenvalue weighted by atomic mass is 10.0. The Bertz CT molecular complexity index is 287. The van der Waals surface area contributed by atoms with Crippen LogP contribution in [0.25, 0.3) is 0 Å². The molecule has 1 amide bonds. The largest absolute Gasteiger partial charge is 0.468 e. The monoisotopic (exact) mass is 242 g/mol. The summed E-state index contributed by atoms with van der Waals surface area (Å²) >= 11 is 0. The van der Waals surface area contributed by atoms with Crippen molar-refractivity contribution in [1.29, 1.82) is 0 Å². The molecule has 1 saturated carbocycles. The Kier molecular flexibility index (Phi) is 4.93. The van der Waals surface area contributed by atoms with Gasteiger partial charge in [0.2, 0.25) is 5.91 Å². The number of nitrogens with zero attached hydrogens (tertiary/aromatic N) is 1. The van der Waals surface area contributed by atoms with Gasteiger partial charge in [-0.05, 0) is 18.8 Å². The van der Waals surface area contributed by atoms with E-state index in [1.165, 1.54) is 7.11 Å². The number of carbonyl (C=O) groups is 2. The minimum atomic E-state index is -0.420. The zero-order valence-corrected chi connectivity index (χ0v) is 11.0. The number of hydrogen-bond acceptors (Lipinski definition) is 4. The Hall–Kier alpha value is -1.10. The molecule has 0 bridgehead atoms. The Balaban J connectivity index is 2.40. The van der Waals surface area contributed by atoms with Crippen LogP contribution in [0.1, 0.15) is 26.7 Å². The van der Waals surface area contributed by atoms with Gasteiger partial charge < -0.3 is 9.64 Å². The van der Waals surface area contributed by atoms with E-state index in [-0.39, 0.29) is 24.3 Å². The zero-order valence-electron chi connectivity index (χ0n) is 11.0. The summed E-state index contributed by atoms with van der Waals surface area (Å²) in [6.45, 7) is 4.03. The molecule has 17 heavy (non-hydrogen) atoms. The maximum Gasteiger partial charge on any atom is 0.323 e. The van der Waals surface area contributed by atoms with Crippen LogP contribution in [0.3, 0.4) is 0 Å². The van der Waals surface area contributed by atoms with Crippen molar-refractivity contribution in [1.82, 2.24) is 10.2 Å². The molecule has 1 rings (SSSR count). The molecule has 0 aromatic carbocycles. The van der Waals surface area contributed by atoms with Crippen LogP contribution in [0.4, 0.5) is 0 Å². The molecular weight excluding hydrogens is 220 g/mol. The van der Waals surface area contributed by atoms with Gasteiger partial charge in [0.25, 0.3) is 0 Å². The summed E-state index contributed by atoms with van der Waals surface area (Å²) < 4.78 is 4.70. The van der Waals surface area contributed by atoms with Gasteiger partial charge >= 0.3 is 5.97 Å². The summed E-state index contributed by atoms with van der Waals surface area (Å²) in [5.74, 6) is -0.189. The molecule has 1 unspecified atom stereocenters. The number of rotatable bonds is 6. The molecule has 1 aliphatic carbocycles.